The van der Waals surface area contributed by atoms with Gasteiger partial charge in [0.2, 0.25) is 5.91 Å². The number of carbonyl (C=O) groups excluding carboxylic acids is 1. The van der Waals surface area contributed by atoms with Crippen molar-refractivity contribution in [3.05, 3.63) is 40.5 Å². The maximum Gasteiger partial charge on any atom is 0.227 e. The van der Waals surface area contributed by atoms with Crippen molar-refractivity contribution in [3.8, 4) is 0 Å². The lowest BCUT2D eigenvalue weighted by Gasteiger charge is -2.32. The third-order valence-electron chi connectivity index (χ3n) is 3.42. The summed E-state index contributed by atoms with van der Waals surface area (Å²) >= 11 is 1.60. The predicted octanol–water partition coefficient (Wildman–Crippen LogP) is 1.26. The molecule has 1 fully saturated rings. The van der Waals surface area contributed by atoms with E-state index in [0.29, 0.717) is 37.6 Å². The van der Waals surface area contributed by atoms with Crippen LogP contribution in [0.25, 0.3) is 0 Å². The summed E-state index contributed by atoms with van der Waals surface area (Å²) in [5.41, 5.74) is 7.48. The molecule has 1 aliphatic heterocycles. The molecule has 3 rings (SSSR count). The van der Waals surface area contributed by atoms with Gasteiger partial charge in [0.1, 0.15) is 17.6 Å². The van der Waals surface area contributed by atoms with E-state index in [1.54, 1.807) is 28.6 Å². The first-order chi connectivity index (χ1) is 10.2. The highest BCUT2D eigenvalue weighted by atomic mass is 32.1. The summed E-state index contributed by atoms with van der Waals surface area (Å²) in [6.45, 7) is 1.54. The van der Waals surface area contributed by atoms with Gasteiger partial charge in [0.05, 0.1) is 19.6 Å². The molecule has 2 aromatic heterocycles. The minimum Gasteiger partial charge on any atom is -0.382 e. The first-order valence-corrected chi connectivity index (χ1v) is 7.65. The van der Waals surface area contributed by atoms with Gasteiger partial charge in [-0.1, -0.05) is 0 Å². The number of carbonyl (C=O) groups is 1. The summed E-state index contributed by atoms with van der Waals surface area (Å²) in [5, 5.41) is 3.97. The Morgan fingerprint density at radius 3 is 3.10 bits per heavy atom. The van der Waals surface area contributed by atoms with Crippen LogP contribution in [0.5, 0.6) is 0 Å². The van der Waals surface area contributed by atoms with Gasteiger partial charge < -0.3 is 15.4 Å². The lowest BCUT2D eigenvalue weighted by atomic mass is 10.1. The van der Waals surface area contributed by atoms with Crippen LogP contribution in [0, 0.1) is 0 Å². The van der Waals surface area contributed by atoms with Gasteiger partial charge in [-0.3, -0.25) is 9.78 Å². The second-order valence-corrected chi connectivity index (χ2v) is 5.61. The molecule has 1 atom stereocenters. The molecule has 3 heterocycles. The van der Waals surface area contributed by atoms with E-state index in [1.165, 1.54) is 0 Å². The lowest BCUT2D eigenvalue weighted by Crippen LogP contribution is -2.43. The maximum atomic E-state index is 12.3. The summed E-state index contributed by atoms with van der Waals surface area (Å²) in [4.78, 5) is 22.4. The van der Waals surface area contributed by atoms with Crippen LogP contribution in [0.1, 0.15) is 17.4 Å². The molecule has 0 aliphatic carbocycles. The molecule has 2 aromatic rings. The Hall–Kier alpha value is -1.99. The lowest BCUT2D eigenvalue weighted by molar-refractivity contribution is -0.138. The van der Waals surface area contributed by atoms with Gasteiger partial charge in [-0.15, -0.1) is 0 Å². The molecule has 1 amide bonds. The minimum atomic E-state index is -0.307. The van der Waals surface area contributed by atoms with E-state index in [9.17, 15) is 4.79 Å². The molecule has 1 unspecified atom stereocenters. The van der Waals surface area contributed by atoms with Crippen molar-refractivity contribution in [1.82, 2.24) is 14.9 Å². The molecule has 0 saturated carbocycles. The molecular formula is C14H16N4O2S. The van der Waals surface area contributed by atoms with Crippen molar-refractivity contribution in [2.75, 3.05) is 25.4 Å². The number of anilines is 1. The van der Waals surface area contributed by atoms with E-state index < -0.39 is 0 Å². The zero-order valence-corrected chi connectivity index (χ0v) is 12.3. The van der Waals surface area contributed by atoms with Crippen LogP contribution in [-0.2, 0) is 16.0 Å². The quantitative estimate of drug-likeness (QED) is 0.923. The Morgan fingerprint density at radius 1 is 1.48 bits per heavy atom. The smallest absolute Gasteiger partial charge is 0.227 e. The molecule has 110 valence electrons. The van der Waals surface area contributed by atoms with Crippen molar-refractivity contribution < 1.29 is 9.53 Å². The fraction of sp³-hybridized carbons (Fsp3) is 0.357. The standard InChI is InChI=1S/C14H16N4O2S/c15-14-13(16-2-3-17-14)11-8-18(4-5-20-11)12(19)7-10-1-6-21-9-10/h1-3,6,9,11H,4-5,7-8H2,(H2,15,17). The fourth-order valence-electron chi connectivity index (χ4n) is 2.33. The molecule has 1 saturated heterocycles. The number of hydrogen-bond donors (Lipinski definition) is 1. The third-order valence-corrected chi connectivity index (χ3v) is 4.15. The highest BCUT2D eigenvalue weighted by Crippen LogP contribution is 2.24. The number of ether oxygens (including phenoxy) is 1. The Balaban J connectivity index is 1.68. The molecule has 7 heteroatoms. The van der Waals surface area contributed by atoms with Crippen molar-refractivity contribution in [2.45, 2.75) is 12.5 Å². The van der Waals surface area contributed by atoms with Crippen LogP contribution in [-0.4, -0.2) is 40.5 Å². The van der Waals surface area contributed by atoms with E-state index in [-0.39, 0.29) is 12.0 Å². The summed E-state index contributed by atoms with van der Waals surface area (Å²) < 4.78 is 5.69. The first-order valence-electron chi connectivity index (χ1n) is 6.71. The summed E-state index contributed by atoms with van der Waals surface area (Å²) in [7, 11) is 0. The monoisotopic (exact) mass is 304 g/mol. The number of morpholine rings is 1. The van der Waals surface area contributed by atoms with Crippen LogP contribution >= 0.6 is 11.3 Å². The van der Waals surface area contributed by atoms with Crippen LogP contribution in [0.3, 0.4) is 0 Å². The van der Waals surface area contributed by atoms with Crippen LogP contribution in [0.2, 0.25) is 0 Å². The summed E-state index contributed by atoms with van der Waals surface area (Å²) in [6, 6.07) is 1.97. The second-order valence-electron chi connectivity index (χ2n) is 4.83. The van der Waals surface area contributed by atoms with Gasteiger partial charge in [0, 0.05) is 18.9 Å². The number of nitrogens with zero attached hydrogens (tertiary/aromatic N) is 3. The number of amides is 1. The van der Waals surface area contributed by atoms with Gasteiger partial charge >= 0.3 is 0 Å². The van der Waals surface area contributed by atoms with Crippen LogP contribution in [0.15, 0.2) is 29.2 Å². The SMILES string of the molecule is Nc1nccnc1C1CN(C(=O)Cc2ccsc2)CCO1. The molecule has 0 bridgehead atoms. The van der Waals surface area contributed by atoms with Gasteiger partial charge in [-0.05, 0) is 22.4 Å². The average Bonchev–Trinajstić information content (AvgIpc) is 3.01. The van der Waals surface area contributed by atoms with Crippen LogP contribution in [0.4, 0.5) is 5.82 Å². The van der Waals surface area contributed by atoms with Gasteiger partial charge in [0.15, 0.2) is 0 Å². The highest BCUT2D eigenvalue weighted by Gasteiger charge is 2.27. The molecule has 1 aliphatic rings. The second kappa shape index (κ2) is 6.19. The minimum absolute atomic E-state index is 0.101. The Bertz CT molecular complexity index is 617. The topological polar surface area (TPSA) is 81.3 Å². The molecule has 0 spiro atoms. The zero-order chi connectivity index (χ0) is 14.7. The number of hydrogen-bond acceptors (Lipinski definition) is 6. The van der Waals surface area contributed by atoms with Crippen molar-refractivity contribution in [1.29, 1.82) is 0 Å². The van der Waals surface area contributed by atoms with E-state index in [2.05, 4.69) is 9.97 Å². The van der Waals surface area contributed by atoms with Crippen molar-refractivity contribution in [2.24, 2.45) is 0 Å². The number of rotatable bonds is 3. The van der Waals surface area contributed by atoms with E-state index in [4.69, 9.17) is 10.5 Å². The largest absolute Gasteiger partial charge is 0.382 e. The average molecular weight is 304 g/mol. The number of thiophene rings is 1. The van der Waals surface area contributed by atoms with Crippen molar-refractivity contribution in [3.63, 3.8) is 0 Å². The van der Waals surface area contributed by atoms with E-state index in [0.717, 1.165) is 5.56 Å². The summed E-state index contributed by atoms with van der Waals surface area (Å²) in [6.07, 6.45) is 3.24. The Morgan fingerprint density at radius 2 is 2.33 bits per heavy atom. The molecular weight excluding hydrogens is 288 g/mol. The van der Waals surface area contributed by atoms with E-state index >= 15 is 0 Å². The number of nitrogen functional groups attached to an aromatic ring is 1. The highest BCUT2D eigenvalue weighted by molar-refractivity contribution is 7.07. The van der Waals surface area contributed by atoms with Crippen LogP contribution < -0.4 is 5.73 Å². The normalized spacial score (nSPS) is 18.7. The van der Waals surface area contributed by atoms with E-state index in [1.807, 2.05) is 16.8 Å². The molecule has 0 radical (unpaired) electrons. The van der Waals surface area contributed by atoms with Crippen molar-refractivity contribution >= 4 is 23.1 Å². The Labute approximate surface area is 126 Å². The fourth-order valence-corrected chi connectivity index (χ4v) is 3.00. The van der Waals surface area contributed by atoms with Gasteiger partial charge in [-0.2, -0.15) is 11.3 Å². The third kappa shape index (κ3) is 3.20. The van der Waals surface area contributed by atoms with Gasteiger partial charge in [-0.25, -0.2) is 4.98 Å². The molecule has 6 nitrogen and oxygen atoms in total. The molecule has 0 aromatic carbocycles. The molecule has 2 N–H and O–H groups in total. The van der Waals surface area contributed by atoms with Gasteiger partial charge in [0.25, 0.3) is 0 Å². The zero-order valence-electron chi connectivity index (χ0n) is 11.4. The Kier molecular flexibility index (Phi) is 4.12. The summed E-state index contributed by atoms with van der Waals surface area (Å²) in [5.74, 6) is 0.457. The number of nitrogens with two attached hydrogens (primary N) is 1. The predicted molar refractivity (Wildman–Crippen MR) is 79.7 cm³/mol. The molecule has 21 heavy (non-hydrogen) atoms. The maximum absolute atomic E-state index is 12.3. The first kappa shape index (κ1) is 14.0. The number of aromatic nitrogens is 2.